The number of benzene rings is 2. The molecule has 2 aromatic carbocycles. The molecule has 2 rings (SSSR count). The van der Waals surface area contributed by atoms with Crippen molar-refractivity contribution in [3.8, 4) is 11.5 Å². The van der Waals surface area contributed by atoms with E-state index in [0.717, 1.165) is 36.4 Å². The Morgan fingerprint density at radius 2 is 1.95 bits per heavy atom. The second kappa shape index (κ2) is 7.56. The van der Waals surface area contributed by atoms with E-state index >= 15 is 0 Å². The van der Waals surface area contributed by atoms with E-state index in [1.165, 1.54) is 0 Å². The molecular formula is C17H21NO2. The summed E-state index contributed by atoms with van der Waals surface area (Å²) in [5.41, 5.74) is 2.11. The minimum Gasteiger partial charge on any atom is -0.508 e. The van der Waals surface area contributed by atoms with Gasteiger partial charge < -0.3 is 15.2 Å². The molecular weight excluding hydrogens is 250 g/mol. The number of rotatable bonds is 7. The maximum Gasteiger partial charge on any atom is 0.124 e. The Hall–Kier alpha value is -2.00. The highest BCUT2D eigenvalue weighted by Crippen LogP contribution is 2.20. The van der Waals surface area contributed by atoms with Crippen LogP contribution < -0.4 is 10.1 Å². The molecule has 3 nitrogen and oxygen atoms in total. The van der Waals surface area contributed by atoms with Gasteiger partial charge in [-0.25, -0.2) is 0 Å². The average Bonchev–Trinajstić information content (AvgIpc) is 2.47. The van der Waals surface area contributed by atoms with Crippen molar-refractivity contribution in [3.63, 3.8) is 0 Å². The van der Waals surface area contributed by atoms with Crippen molar-refractivity contribution in [2.45, 2.75) is 26.5 Å². The molecule has 2 aromatic rings. The highest BCUT2D eigenvalue weighted by Gasteiger charge is 2.03. The normalized spacial score (nSPS) is 10.4. The first-order valence-corrected chi connectivity index (χ1v) is 6.99. The fourth-order valence-electron chi connectivity index (χ4n) is 2.00. The van der Waals surface area contributed by atoms with Gasteiger partial charge in [0.2, 0.25) is 0 Å². The first-order chi connectivity index (χ1) is 9.79. The van der Waals surface area contributed by atoms with Crippen LogP contribution in [-0.2, 0) is 13.2 Å². The van der Waals surface area contributed by atoms with Crippen LogP contribution in [0.5, 0.6) is 11.5 Å². The van der Waals surface area contributed by atoms with Gasteiger partial charge >= 0.3 is 0 Å². The molecule has 0 amide bonds. The zero-order chi connectivity index (χ0) is 14.2. The number of phenolic OH excluding ortho intramolecular Hbond substituents is 1. The molecule has 0 aliphatic heterocycles. The molecule has 0 heterocycles. The van der Waals surface area contributed by atoms with Gasteiger partial charge in [0, 0.05) is 12.1 Å². The topological polar surface area (TPSA) is 41.5 Å². The molecule has 0 radical (unpaired) electrons. The minimum absolute atomic E-state index is 0.268. The summed E-state index contributed by atoms with van der Waals surface area (Å²) >= 11 is 0. The molecule has 20 heavy (non-hydrogen) atoms. The Kier molecular flexibility index (Phi) is 5.44. The molecule has 0 saturated heterocycles. The summed E-state index contributed by atoms with van der Waals surface area (Å²) in [4.78, 5) is 0. The van der Waals surface area contributed by atoms with Gasteiger partial charge in [0.05, 0.1) is 0 Å². The lowest BCUT2D eigenvalue weighted by molar-refractivity contribution is 0.301. The quantitative estimate of drug-likeness (QED) is 0.758. The fourth-order valence-corrected chi connectivity index (χ4v) is 2.00. The summed E-state index contributed by atoms with van der Waals surface area (Å²) in [6.07, 6.45) is 1.12. The molecule has 0 aliphatic carbocycles. The number of ether oxygens (including phenoxy) is 1. The molecule has 0 saturated carbocycles. The first kappa shape index (κ1) is 14.4. The lowest BCUT2D eigenvalue weighted by Gasteiger charge is -2.12. The summed E-state index contributed by atoms with van der Waals surface area (Å²) in [6.45, 7) is 4.42. The van der Waals surface area contributed by atoms with Crippen LogP contribution in [0, 0.1) is 0 Å². The number of nitrogens with one attached hydrogen (secondary N) is 1. The summed E-state index contributed by atoms with van der Waals surface area (Å²) in [5, 5.41) is 12.8. The van der Waals surface area contributed by atoms with Crippen LogP contribution in [0.2, 0.25) is 0 Å². The Morgan fingerprint density at radius 3 is 2.75 bits per heavy atom. The van der Waals surface area contributed by atoms with E-state index in [4.69, 9.17) is 4.74 Å². The summed E-state index contributed by atoms with van der Waals surface area (Å²) < 4.78 is 5.86. The van der Waals surface area contributed by atoms with E-state index in [0.29, 0.717) is 6.61 Å². The summed E-state index contributed by atoms with van der Waals surface area (Å²) in [6, 6.07) is 15.2. The van der Waals surface area contributed by atoms with Crippen LogP contribution in [0.1, 0.15) is 24.5 Å². The van der Waals surface area contributed by atoms with Crippen LogP contribution in [-0.4, -0.2) is 11.7 Å². The van der Waals surface area contributed by atoms with E-state index in [1.54, 1.807) is 12.1 Å². The molecule has 2 N–H and O–H groups in total. The molecule has 0 unspecified atom stereocenters. The number of hydrogen-bond donors (Lipinski definition) is 2. The highest BCUT2D eigenvalue weighted by atomic mass is 16.5. The molecule has 0 aliphatic rings. The fraction of sp³-hybridized carbons (Fsp3) is 0.294. The van der Waals surface area contributed by atoms with Gasteiger partial charge in [0.1, 0.15) is 18.1 Å². The zero-order valence-electron chi connectivity index (χ0n) is 11.8. The molecule has 106 valence electrons. The molecule has 0 spiro atoms. The van der Waals surface area contributed by atoms with Crippen LogP contribution in [0.15, 0.2) is 48.5 Å². The standard InChI is InChI=1S/C17H21NO2/c1-2-10-18-12-15-7-3-4-9-17(15)20-13-14-6-5-8-16(19)11-14/h3-9,11,18-19H,2,10,12-13H2,1H3. The van der Waals surface area contributed by atoms with Crippen LogP contribution in [0.4, 0.5) is 0 Å². The first-order valence-electron chi connectivity index (χ1n) is 6.99. The van der Waals surface area contributed by atoms with E-state index in [1.807, 2.05) is 30.3 Å². The number of aromatic hydroxyl groups is 1. The van der Waals surface area contributed by atoms with Crippen molar-refractivity contribution in [3.05, 3.63) is 59.7 Å². The summed E-state index contributed by atoms with van der Waals surface area (Å²) in [7, 11) is 0. The largest absolute Gasteiger partial charge is 0.508 e. The van der Waals surface area contributed by atoms with Gasteiger partial charge in [-0.05, 0) is 36.7 Å². The van der Waals surface area contributed by atoms with Crippen molar-refractivity contribution >= 4 is 0 Å². The van der Waals surface area contributed by atoms with Gasteiger partial charge in [0.15, 0.2) is 0 Å². The van der Waals surface area contributed by atoms with Crippen LogP contribution in [0.3, 0.4) is 0 Å². The molecule has 0 atom stereocenters. The van der Waals surface area contributed by atoms with Gasteiger partial charge in [-0.3, -0.25) is 0 Å². The predicted octanol–water partition coefficient (Wildman–Crippen LogP) is 3.47. The second-order valence-electron chi connectivity index (χ2n) is 4.74. The van der Waals surface area contributed by atoms with Gasteiger partial charge in [-0.1, -0.05) is 37.3 Å². The van der Waals surface area contributed by atoms with Crippen molar-refractivity contribution in [1.82, 2.24) is 5.32 Å². The van der Waals surface area contributed by atoms with Crippen molar-refractivity contribution < 1.29 is 9.84 Å². The van der Waals surface area contributed by atoms with Crippen LogP contribution in [0.25, 0.3) is 0 Å². The lowest BCUT2D eigenvalue weighted by Crippen LogP contribution is -2.14. The number of hydrogen-bond acceptors (Lipinski definition) is 3. The lowest BCUT2D eigenvalue weighted by atomic mass is 10.2. The Morgan fingerprint density at radius 1 is 1.10 bits per heavy atom. The SMILES string of the molecule is CCCNCc1ccccc1OCc1cccc(O)c1. The Balaban J connectivity index is 1.98. The molecule has 3 heteroatoms. The summed E-state index contributed by atoms with van der Waals surface area (Å²) in [5.74, 6) is 1.16. The van der Waals surface area contributed by atoms with Gasteiger partial charge in [-0.2, -0.15) is 0 Å². The van der Waals surface area contributed by atoms with E-state index < -0.39 is 0 Å². The third-order valence-electron chi connectivity index (χ3n) is 3.02. The molecule has 0 aromatic heterocycles. The number of phenols is 1. The van der Waals surface area contributed by atoms with Gasteiger partial charge in [-0.15, -0.1) is 0 Å². The Bertz CT molecular complexity index is 540. The van der Waals surface area contributed by atoms with E-state index in [2.05, 4.69) is 18.3 Å². The van der Waals surface area contributed by atoms with E-state index in [-0.39, 0.29) is 5.75 Å². The van der Waals surface area contributed by atoms with Crippen molar-refractivity contribution in [2.75, 3.05) is 6.54 Å². The third-order valence-corrected chi connectivity index (χ3v) is 3.02. The predicted molar refractivity (Wildman–Crippen MR) is 80.9 cm³/mol. The van der Waals surface area contributed by atoms with Crippen LogP contribution >= 0.6 is 0 Å². The minimum atomic E-state index is 0.268. The van der Waals surface area contributed by atoms with Gasteiger partial charge in [0.25, 0.3) is 0 Å². The smallest absolute Gasteiger partial charge is 0.124 e. The third kappa shape index (κ3) is 4.28. The molecule has 0 bridgehead atoms. The molecule has 0 fully saturated rings. The average molecular weight is 271 g/mol. The highest BCUT2D eigenvalue weighted by molar-refractivity contribution is 5.34. The monoisotopic (exact) mass is 271 g/mol. The number of para-hydroxylation sites is 1. The van der Waals surface area contributed by atoms with Crippen molar-refractivity contribution in [1.29, 1.82) is 0 Å². The maximum atomic E-state index is 9.44. The second-order valence-corrected chi connectivity index (χ2v) is 4.74. The Labute approximate surface area is 120 Å². The maximum absolute atomic E-state index is 9.44. The van der Waals surface area contributed by atoms with Crippen molar-refractivity contribution in [2.24, 2.45) is 0 Å². The zero-order valence-corrected chi connectivity index (χ0v) is 11.8. The van der Waals surface area contributed by atoms with E-state index in [9.17, 15) is 5.11 Å².